The fourth-order valence-electron chi connectivity index (χ4n) is 4.67. The summed E-state index contributed by atoms with van der Waals surface area (Å²) >= 11 is 0. The Labute approximate surface area is 177 Å². The van der Waals surface area contributed by atoms with Crippen LogP contribution >= 0.6 is 0 Å². The summed E-state index contributed by atoms with van der Waals surface area (Å²) in [6, 6.07) is 9.93. The van der Waals surface area contributed by atoms with Crippen LogP contribution in [0.25, 0.3) is 0 Å². The van der Waals surface area contributed by atoms with E-state index in [9.17, 15) is 14.4 Å². The standard InChI is InChI=1S/C22H31N5O3/c28-19(24-27-20(29)22(23-21(27)30)10-5-2-6-11-22)9-12-25-13-15-26(16-14-25)17-18-7-3-1-4-8-18/h1,3-4,7-8H,2,5-6,9-17H2,(H,23,30)(H,24,28). The second-order valence-corrected chi connectivity index (χ2v) is 8.60. The number of carbonyl (C=O) groups is 3. The monoisotopic (exact) mass is 413 g/mol. The largest absolute Gasteiger partial charge is 0.344 e. The third-order valence-electron chi connectivity index (χ3n) is 6.47. The smallest absolute Gasteiger partial charge is 0.322 e. The highest BCUT2D eigenvalue weighted by atomic mass is 16.2. The van der Waals surface area contributed by atoms with Gasteiger partial charge in [0.1, 0.15) is 5.54 Å². The van der Waals surface area contributed by atoms with Gasteiger partial charge in [-0.3, -0.25) is 19.9 Å². The maximum absolute atomic E-state index is 12.7. The molecular weight excluding hydrogens is 382 g/mol. The highest BCUT2D eigenvalue weighted by molar-refractivity contribution is 6.08. The highest BCUT2D eigenvalue weighted by Gasteiger charge is 2.52. The summed E-state index contributed by atoms with van der Waals surface area (Å²) in [6.07, 6.45) is 4.49. The summed E-state index contributed by atoms with van der Waals surface area (Å²) in [4.78, 5) is 42.0. The minimum atomic E-state index is -0.808. The second kappa shape index (κ2) is 9.14. The Balaban J connectivity index is 1.19. The van der Waals surface area contributed by atoms with Crippen molar-refractivity contribution in [1.82, 2.24) is 25.6 Å². The van der Waals surface area contributed by atoms with Crippen LogP contribution in [0.1, 0.15) is 44.1 Å². The fourth-order valence-corrected chi connectivity index (χ4v) is 4.67. The maximum atomic E-state index is 12.7. The number of hydrazine groups is 1. The summed E-state index contributed by atoms with van der Waals surface area (Å²) in [5.41, 5.74) is 3.03. The minimum absolute atomic E-state index is 0.267. The Bertz CT molecular complexity index is 770. The van der Waals surface area contributed by atoms with Crippen LogP contribution in [-0.2, 0) is 16.1 Å². The van der Waals surface area contributed by atoms with Gasteiger partial charge >= 0.3 is 6.03 Å². The van der Waals surface area contributed by atoms with E-state index >= 15 is 0 Å². The number of benzene rings is 1. The first-order valence-electron chi connectivity index (χ1n) is 11.0. The molecule has 2 heterocycles. The van der Waals surface area contributed by atoms with Gasteiger partial charge in [0, 0.05) is 45.7 Å². The van der Waals surface area contributed by atoms with Gasteiger partial charge in [0.15, 0.2) is 0 Å². The Hall–Kier alpha value is -2.45. The van der Waals surface area contributed by atoms with E-state index in [1.807, 2.05) is 6.07 Å². The summed E-state index contributed by atoms with van der Waals surface area (Å²) in [6.45, 7) is 5.32. The van der Waals surface area contributed by atoms with E-state index in [4.69, 9.17) is 0 Å². The van der Waals surface area contributed by atoms with Gasteiger partial charge in [-0.1, -0.05) is 49.6 Å². The lowest BCUT2D eigenvalue weighted by molar-refractivity contribution is -0.140. The minimum Gasteiger partial charge on any atom is -0.322 e. The van der Waals surface area contributed by atoms with Crippen molar-refractivity contribution in [3.63, 3.8) is 0 Å². The molecule has 1 aromatic carbocycles. The Kier molecular flexibility index (Phi) is 6.34. The molecule has 2 N–H and O–H groups in total. The molecule has 3 aliphatic rings. The van der Waals surface area contributed by atoms with Crippen LogP contribution in [0.2, 0.25) is 0 Å². The van der Waals surface area contributed by atoms with E-state index < -0.39 is 11.6 Å². The van der Waals surface area contributed by atoms with E-state index in [1.165, 1.54) is 5.56 Å². The number of hydrogen-bond donors (Lipinski definition) is 2. The van der Waals surface area contributed by atoms with Gasteiger partial charge in [-0.2, -0.15) is 5.01 Å². The Morgan fingerprint density at radius 3 is 2.33 bits per heavy atom. The van der Waals surface area contributed by atoms with Crippen LogP contribution in [0.15, 0.2) is 30.3 Å². The molecule has 4 amide bonds. The number of imide groups is 1. The average Bonchev–Trinajstić information content (AvgIpc) is 2.98. The molecule has 1 saturated carbocycles. The molecule has 162 valence electrons. The van der Waals surface area contributed by atoms with E-state index in [0.717, 1.165) is 57.0 Å². The highest BCUT2D eigenvalue weighted by Crippen LogP contribution is 2.32. The molecule has 4 rings (SSSR count). The van der Waals surface area contributed by atoms with Crippen molar-refractivity contribution in [2.45, 2.75) is 50.6 Å². The number of piperazine rings is 1. The van der Waals surface area contributed by atoms with Gasteiger partial charge in [0.2, 0.25) is 5.91 Å². The van der Waals surface area contributed by atoms with Gasteiger partial charge in [-0.15, -0.1) is 0 Å². The van der Waals surface area contributed by atoms with Crippen LogP contribution in [0.4, 0.5) is 4.79 Å². The predicted molar refractivity (Wildman–Crippen MR) is 112 cm³/mol. The van der Waals surface area contributed by atoms with E-state index in [2.05, 4.69) is 44.8 Å². The number of urea groups is 1. The lowest BCUT2D eigenvalue weighted by atomic mass is 9.82. The first-order chi connectivity index (χ1) is 14.6. The third-order valence-corrected chi connectivity index (χ3v) is 6.47. The number of hydrogen-bond acceptors (Lipinski definition) is 5. The topological polar surface area (TPSA) is 85.0 Å². The summed E-state index contributed by atoms with van der Waals surface area (Å²) < 4.78 is 0. The first-order valence-corrected chi connectivity index (χ1v) is 11.0. The zero-order valence-electron chi connectivity index (χ0n) is 17.4. The normalized spacial score (nSPS) is 22.3. The lowest BCUT2D eigenvalue weighted by Gasteiger charge is -2.34. The summed E-state index contributed by atoms with van der Waals surface area (Å²) in [7, 11) is 0. The third kappa shape index (κ3) is 4.65. The molecule has 1 spiro atoms. The van der Waals surface area contributed by atoms with E-state index in [0.29, 0.717) is 19.4 Å². The SMILES string of the molecule is O=C(CCN1CCN(Cc2ccccc2)CC1)NN1C(=O)NC2(CCCCC2)C1=O. The molecular formula is C22H31N5O3. The zero-order valence-corrected chi connectivity index (χ0v) is 17.4. The van der Waals surface area contributed by atoms with Crippen molar-refractivity contribution in [2.24, 2.45) is 0 Å². The van der Waals surface area contributed by atoms with Crippen molar-refractivity contribution in [1.29, 1.82) is 0 Å². The van der Waals surface area contributed by atoms with Crippen molar-refractivity contribution in [2.75, 3.05) is 32.7 Å². The summed E-state index contributed by atoms with van der Waals surface area (Å²) in [5.74, 6) is -0.604. The van der Waals surface area contributed by atoms with Gasteiger partial charge in [0.25, 0.3) is 5.91 Å². The molecule has 1 aromatic rings. The second-order valence-electron chi connectivity index (χ2n) is 8.60. The number of rotatable bonds is 6. The molecule has 0 atom stereocenters. The molecule has 1 aliphatic carbocycles. The van der Waals surface area contributed by atoms with Crippen LogP contribution in [0.5, 0.6) is 0 Å². The maximum Gasteiger partial charge on any atom is 0.344 e. The van der Waals surface area contributed by atoms with Gasteiger partial charge < -0.3 is 10.2 Å². The number of nitrogens with zero attached hydrogens (tertiary/aromatic N) is 3. The molecule has 0 bridgehead atoms. The molecule has 0 aromatic heterocycles. The predicted octanol–water partition coefficient (Wildman–Crippen LogP) is 1.48. The fraction of sp³-hybridized carbons (Fsp3) is 0.591. The van der Waals surface area contributed by atoms with Crippen molar-refractivity contribution in [3.8, 4) is 0 Å². The Morgan fingerprint density at radius 1 is 0.967 bits per heavy atom. The molecule has 8 heteroatoms. The van der Waals surface area contributed by atoms with Gasteiger partial charge in [-0.25, -0.2) is 4.79 Å². The zero-order chi connectivity index (χ0) is 21.0. The van der Waals surface area contributed by atoms with E-state index in [-0.39, 0.29) is 18.2 Å². The van der Waals surface area contributed by atoms with Crippen molar-refractivity contribution >= 4 is 17.8 Å². The average molecular weight is 414 g/mol. The molecule has 2 aliphatic heterocycles. The first kappa shape index (κ1) is 20.8. The van der Waals surface area contributed by atoms with Crippen molar-refractivity contribution < 1.29 is 14.4 Å². The van der Waals surface area contributed by atoms with Crippen LogP contribution in [0, 0.1) is 0 Å². The molecule has 30 heavy (non-hydrogen) atoms. The quantitative estimate of drug-likeness (QED) is 0.690. The van der Waals surface area contributed by atoms with Crippen LogP contribution in [0.3, 0.4) is 0 Å². The summed E-state index contributed by atoms with van der Waals surface area (Å²) in [5, 5.41) is 3.71. The number of carbonyl (C=O) groups excluding carboxylic acids is 3. The number of nitrogens with one attached hydrogen (secondary N) is 2. The van der Waals surface area contributed by atoms with Gasteiger partial charge in [0.05, 0.1) is 0 Å². The molecule has 8 nitrogen and oxygen atoms in total. The number of amides is 4. The molecule has 2 saturated heterocycles. The molecule has 0 radical (unpaired) electrons. The van der Waals surface area contributed by atoms with Crippen molar-refractivity contribution in [3.05, 3.63) is 35.9 Å². The Morgan fingerprint density at radius 2 is 1.63 bits per heavy atom. The lowest BCUT2D eigenvalue weighted by Crippen LogP contribution is -2.51. The molecule has 0 unspecified atom stereocenters. The van der Waals surface area contributed by atoms with Gasteiger partial charge in [-0.05, 0) is 18.4 Å². The van der Waals surface area contributed by atoms with Crippen LogP contribution < -0.4 is 10.7 Å². The molecule has 3 fully saturated rings. The van der Waals surface area contributed by atoms with Crippen LogP contribution in [-0.4, -0.2) is 70.9 Å². The van der Waals surface area contributed by atoms with E-state index in [1.54, 1.807) is 0 Å².